The van der Waals surface area contributed by atoms with E-state index in [4.69, 9.17) is 5.26 Å². The Labute approximate surface area is 91.2 Å². The summed E-state index contributed by atoms with van der Waals surface area (Å²) in [4.78, 5) is 0. The summed E-state index contributed by atoms with van der Waals surface area (Å²) in [5.41, 5.74) is 1.45. The zero-order chi connectivity index (χ0) is 11.3. The molecular formula is C13H17NO. The quantitative estimate of drug-likeness (QED) is 0.817. The van der Waals surface area contributed by atoms with Crippen LogP contribution in [0.2, 0.25) is 0 Å². The molecule has 1 rings (SSSR count). The van der Waals surface area contributed by atoms with Gasteiger partial charge in [-0.05, 0) is 30.0 Å². The molecule has 0 fully saturated rings. The number of aliphatic hydroxyl groups is 1. The SMILES string of the molecule is CCC(C)CC(O)c1cccc(C#N)c1. The first-order chi connectivity index (χ1) is 7.17. The predicted octanol–water partition coefficient (Wildman–Crippen LogP) is 3.03. The van der Waals surface area contributed by atoms with Crippen LogP contribution >= 0.6 is 0 Å². The molecule has 1 N–H and O–H groups in total. The van der Waals surface area contributed by atoms with Crippen LogP contribution in [0.5, 0.6) is 0 Å². The molecule has 80 valence electrons. The molecule has 1 aromatic carbocycles. The van der Waals surface area contributed by atoms with E-state index in [1.54, 1.807) is 12.1 Å². The fourth-order valence-electron chi connectivity index (χ4n) is 1.50. The summed E-state index contributed by atoms with van der Waals surface area (Å²) in [6.45, 7) is 4.24. The van der Waals surface area contributed by atoms with Crippen LogP contribution in [0.3, 0.4) is 0 Å². The summed E-state index contributed by atoms with van der Waals surface area (Å²) in [5.74, 6) is 0.505. The molecule has 0 heterocycles. The molecular weight excluding hydrogens is 186 g/mol. The zero-order valence-corrected chi connectivity index (χ0v) is 9.27. The van der Waals surface area contributed by atoms with Crippen molar-refractivity contribution in [2.75, 3.05) is 0 Å². The molecule has 2 nitrogen and oxygen atoms in total. The van der Waals surface area contributed by atoms with Gasteiger partial charge in [-0.3, -0.25) is 0 Å². The average Bonchev–Trinajstić information content (AvgIpc) is 2.28. The molecule has 0 spiro atoms. The Hall–Kier alpha value is -1.33. The summed E-state index contributed by atoms with van der Waals surface area (Å²) in [5, 5.41) is 18.7. The second-order valence-corrected chi connectivity index (χ2v) is 4.00. The van der Waals surface area contributed by atoms with E-state index >= 15 is 0 Å². The maximum absolute atomic E-state index is 9.93. The summed E-state index contributed by atoms with van der Waals surface area (Å²) in [7, 11) is 0. The van der Waals surface area contributed by atoms with Crippen molar-refractivity contribution in [1.29, 1.82) is 5.26 Å². The maximum Gasteiger partial charge on any atom is 0.0991 e. The number of nitriles is 1. The molecule has 0 bridgehead atoms. The van der Waals surface area contributed by atoms with Crippen molar-refractivity contribution in [2.24, 2.45) is 5.92 Å². The molecule has 0 radical (unpaired) electrons. The van der Waals surface area contributed by atoms with E-state index in [1.165, 1.54) is 0 Å². The molecule has 0 aromatic heterocycles. The molecule has 2 atom stereocenters. The number of benzene rings is 1. The van der Waals surface area contributed by atoms with Crippen LogP contribution < -0.4 is 0 Å². The molecule has 0 aliphatic carbocycles. The van der Waals surface area contributed by atoms with Gasteiger partial charge in [-0.15, -0.1) is 0 Å². The van der Waals surface area contributed by atoms with E-state index in [9.17, 15) is 5.11 Å². The molecule has 2 unspecified atom stereocenters. The van der Waals surface area contributed by atoms with Crippen molar-refractivity contribution in [3.05, 3.63) is 35.4 Å². The predicted molar refractivity (Wildman–Crippen MR) is 60.2 cm³/mol. The standard InChI is InChI=1S/C13H17NO/c1-3-10(2)7-13(15)12-6-4-5-11(8-12)9-14/h4-6,8,10,13,15H,3,7H2,1-2H3. The lowest BCUT2D eigenvalue weighted by Gasteiger charge is -2.15. The van der Waals surface area contributed by atoms with E-state index in [0.717, 1.165) is 18.4 Å². The lowest BCUT2D eigenvalue weighted by Crippen LogP contribution is -2.03. The third-order valence-electron chi connectivity index (χ3n) is 2.72. The highest BCUT2D eigenvalue weighted by Crippen LogP contribution is 2.23. The van der Waals surface area contributed by atoms with Crippen molar-refractivity contribution in [3.63, 3.8) is 0 Å². The third kappa shape index (κ3) is 3.38. The monoisotopic (exact) mass is 203 g/mol. The zero-order valence-electron chi connectivity index (χ0n) is 9.27. The fraction of sp³-hybridized carbons (Fsp3) is 0.462. The second-order valence-electron chi connectivity index (χ2n) is 4.00. The highest BCUT2D eigenvalue weighted by Gasteiger charge is 2.11. The van der Waals surface area contributed by atoms with Gasteiger partial charge in [-0.2, -0.15) is 5.26 Å². The molecule has 15 heavy (non-hydrogen) atoms. The van der Waals surface area contributed by atoms with E-state index in [2.05, 4.69) is 19.9 Å². The first-order valence-electron chi connectivity index (χ1n) is 5.35. The van der Waals surface area contributed by atoms with Gasteiger partial charge in [0.15, 0.2) is 0 Å². The number of nitrogens with zero attached hydrogens (tertiary/aromatic N) is 1. The Morgan fingerprint density at radius 3 is 2.80 bits per heavy atom. The van der Waals surface area contributed by atoms with Crippen LogP contribution in [0.4, 0.5) is 0 Å². The summed E-state index contributed by atoms with van der Waals surface area (Å²) < 4.78 is 0. The van der Waals surface area contributed by atoms with Crippen LogP contribution in [-0.2, 0) is 0 Å². The fourth-order valence-corrected chi connectivity index (χ4v) is 1.50. The lowest BCUT2D eigenvalue weighted by molar-refractivity contribution is 0.146. The largest absolute Gasteiger partial charge is 0.388 e. The molecule has 0 saturated carbocycles. The molecule has 0 saturated heterocycles. The first-order valence-corrected chi connectivity index (χ1v) is 5.35. The average molecular weight is 203 g/mol. The van der Waals surface area contributed by atoms with Crippen LogP contribution in [0.15, 0.2) is 24.3 Å². The lowest BCUT2D eigenvalue weighted by atomic mass is 9.96. The van der Waals surface area contributed by atoms with Gasteiger partial charge in [0, 0.05) is 0 Å². The minimum atomic E-state index is -0.451. The smallest absolute Gasteiger partial charge is 0.0991 e. The van der Waals surface area contributed by atoms with Gasteiger partial charge in [0.2, 0.25) is 0 Å². The van der Waals surface area contributed by atoms with Crippen LogP contribution in [0.25, 0.3) is 0 Å². The summed E-state index contributed by atoms with van der Waals surface area (Å²) in [6.07, 6.45) is 1.37. The Morgan fingerprint density at radius 1 is 1.47 bits per heavy atom. The topological polar surface area (TPSA) is 44.0 Å². The Morgan fingerprint density at radius 2 is 2.20 bits per heavy atom. The number of hydrogen-bond donors (Lipinski definition) is 1. The van der Waals surface area contributed by atoms with Gasteiger partial charge in [-0.25, -0.2) is 0 Å². The highest BCUT2D eigenvalue weighted by atomic mass is 16.3. The van der Waals surface area contributed by atoms with Crippen LogP contribution in [-0.4, -0.2) is 5.11 Å². The van der Waals surface area contributed by atoms with Gasteiger partial charge in [0.05, 0.1) is 17.7 Å². The van der Waals surface area contributed by atoms with Gasteiger partial charge in [0.1, 0.15) is 0 Å². The molecule has 0 aliphatic heterocycles. The van der Waals surface area contributed by atoms with Gasteiger partial charge in [0.25, 0.3) is 0 Å². The minimum Gasteiger partial charge on any atom is -0.388 e. The van der Waals surface area contributed by atoms with Crippen molar-refractivity contribution >= 4 is 0 Å². The second kappa shape index (κ2) is 5.53. The van der Waals surface area contributed by atoms with E-state index in [-0.39, 0.29) is 0 Å². The molecule has 0 aliphatic rings. The van der Waals surface area contributed by atoms with Gasteiger partial charge < -0.3 is 5.11 Å². The summed E-state index contributed by atoms with van der Waals surface area (Å²) in [6, 6.07) is 9.27. The molecule has 1 aromatic rings. The Kier molecular flexibility index (Phi) is 4.33. The Bertz CT molecular complexity index is 354. The van der Waals surface area contributed by atoms with E-state index in [0.29, 0.717) is 11.5 Å². The maximum atomic E-state index is 9.93. The number of aliphatic hydroxyl groups excluding tert-OH is 1. The van der Waals surface area contributed by atoms with Gasteiger partial charge in [-0.1, -0.05) is 32.4 Å². The van der Waals surface area contributed by atoms with E-state index in [1.807, 2.05) is 12.1 Å². The molecule has 2 heteroatoms. The van der Waals surface area contributed by atoms with Crippen LogP contribution in [0.1, 0.15) is 43.9 Å². The number of rotatable bonds is 4. The highest BCUT2D eigenvalue weighted by molar-refractivity contribution is 5.33. The normalized spacial score (nSPS) is 14.3. The Balaban J connectivity index is 2.73. The van der Waals surface area contributed by atoms with E-state index < -0.39 is 6.10 Å². The van der Waals surface area contributed by atoms with Crippen molar-refractivity contribution in [3.8, 4) is 6.07 Å². The minimum absolute atomic E-state index is 0.451. The van der Waals surface area contributed by atoms with Crippen molar-refractivity contribution in [1.82, 2.24) is 0 Å². The number of hydrogen-bond acceptors (Lipinski definition) is 2. The van der Waals surface area contributed by atoms with Crippen LogP contribution in [0, 0.1) is 17.2 Å². The van der Waals surface area contributed by atoms with Crippen molar-refractivity contribution in [2.45, 2.75) is 32.8 Å². The van der Waals surface area contributed by atoms with Crippen molar-refractivity contribution < 1.29 is 5.11 Å². The first kappa shape index (κ1) is 11.7. The van der Waals surface area contributed by atoms with Gasteiger partial charge >= 0.3 is 0 Å². The molecule has 0 amide bonds. The third-order valence-corrected chi connectivity index (χ3v) is 2.72. The summed E-state index contributed by atoms with van der Waals surface area (Å²) >= 11 is 0.